The first-order valence-corrected chi connectivity index (χ1v) is 9.11. The fourth-order valence-corrected chi connectivity index (χ4v) is 5.08. The highest BCUT2D eigenvalue weighted by atomic mass is 16.1. The highest BCUT2D eigenvalue weighted by molar-refractivity contribution is 5.89. The number of ketones is 1. The lowest BCUT2D eigenvalue weighted by molar-refractivity contribution is -0.126. The van der Waals surface area contributed by atoms with Crippen LogP contribution in [0.25, 0.3) is 0 Å². The van der Waals surface area contributed by atoms with E-state index in [1.165, 1.54) is 36.8 Å². The molecule has 4 aliphatic carbocycles. The minimum Gasteiger partial charge on any atom is -0.298 e. The molecule has 0 N–H and O–H groups in total. The topological polar surface area (TPSA) is 17.1 Å². The Kier molecular flexibility index (Phi) is 3.90. The summed E-state index contributed by atoms with van der Waals surface area (Å²) in [5.74, 6) is 2.25. The van der Waals surface area contributed by atoms with E-state index in [1.807, 2.05) is 0 Å². The summed E-state index contributed by atoms with van der Waals surface area (Å²) in [6, 6.07) is 0. The molecule has 0 aromatic heterocycles. The van der Waals surface area contributed by atoms with E-state index in [9.17, 15) is 4.79 Å². The fraction of sp³-hybridized carbons (Fsp3) is 0.571. The van der Waals surface area contributed by atoms with Gasteiger partial charge in [-0.2, -0.15) is 0 Å². The minimum absolute atomic E-state index is 0.208. The van der Waals surface area contributed by atoms with Crippen molar-refractivity contribution in [1.29, 1.82) is 0 Å². The van der Waals surface area contributed by atoms with Gasteiger partial charge < -0.3 is 0 Å². The van der Waals surface area contributed by atoms with Crippen LogP contribution in [0.15, 0.2) is 47.6 Å². The molecule has 4 unspecified atom stereocenters. The molecule has 0 aromatic carbocycles. The van der Waals surface area contributed by atoms with E-state index in [2.05, 4.69) is 36.5 Å². The molecule has 22 heavy (non-hydrogen) atoms. The van der Waals surface area contributed by atoms with Gasteiger partial charge >= 0.3 is 0 Å². The average Bonchev–Trinajstić information content (AvgIpc) is 2.60. The lowest BCUT2D eigenvalue weighted by Crippen LogP contribution is -2.35. The number of hydrogen-bond donors (Lipinski definition) is 0. The van der Waals surface area contributed by atoms with Crippen molar-refractivity contribution < 1.29 is 4.79 Å². The van der Waals surface area contributed by atoms with Gasteiger partial charge in [0.15, 0.2) is 0 Å². The normalized spacial score (nSPS) is 36.9. The first kappa shape index (κ1) is 14.2. The Morgan fingerprint density at radius 1 is 0.773 bits per heavy atom. The van der Waals surface area contributed by atoms with Crippen LogP contribution in [0.2, 0.25) is 0 Å². The summed E-state index contributed by atoms with van der Waals surface area (Å²) in [5, 5.41) is 0. The van der Waals surface area contributed by atoms with Crippen LogP contribution in [0.1, 0.15) is 51.4 Å². The van der Waals surface area contributed by atoms with Gasteiger partial charge in [-0.15, -0.1) is 0 Å². The predicted molar refractivity (Wildman–Crippen MR) is 90.3 cm³/mol. The van der Waals surface area contributed by atoms with Gasteiger partial charge in [-0.25, -0.2) is 0 Å². The second kappa shape index (κ2) is 6.02. The van der Waals surface area contributed by atoms with E-state index in [4.69, 9.17) is 0 Å². The quantitative estimate of drug-likeness (QED) is 0.687. The Labute approximate surface area is 133 Å². The van der Waals surface area contributed by atoms with Crippen LogP contribution in [-0.4, -0.2) is 5.78 Å². The summed E-state index contributed by atoms with van der Waals surface area (Å²) in [7, 11) is 0. The molecule has 0 heterocycles. The van der Waals surface area contributed by atoms with E-state index in [0.29, 0.717) is 17.6 Å². The zero-order valence-electron chi connectivity index (χ0n) is 13.3. The highest BCUT2D eigenvalue weighted by Crippen LogP contribution is 2.45. The molecular weight excluding hydrogens is 268 g/mol. The molecule has 0 spiro atoms. The van der Waals surface area contributed by atoms with Crippen LogP contribution in [0, 0.1) is 23.7 Å². The third-order valence-electron chi connectivity index (χ3n) is 6.22. The second-order valence-corrected chi connectivity index (χ2v) is 7.42. The van der Waals surface area contributed by atoms with Crippen LogP contribution >= 0.6 is 0 Å². The van der Waals surface area contributed by atoms with Crippen molar-refractivity contribution in [3.63, 3.8) is 0 Å². The summed E-state index contributed by atoms with van der Waals surface area (Å²) in [5.41, 5.74) is 2.90. The van der Waals surface area contributed by atoms with E-state index in [0.717, 1.165) is 25.7 Å². The largest absolute Gasteiger partial charge is 0.298 e. The van der Waals surface area contributed by atoms with Crippen LogP contribution in [0.4, 0.5) is 0 Å². The monoisotopic (exact) mass is 294 g/mol. The lowest BCUT2D eigenvalue weighted by atomic mass is 9.65. The van der Waals surface area contributed by atoms with Crippen molar-refractivity contribution in [2.45, 2.75) is 51.4 Å². The molecule has 2 fully saturated rings. The number of hydrogen-bond acceptors (Lipinski definition) is 1. The van der Waals surface area contributed by atoms with Gasteiger partial charge in [0, 0.05) is 11.8 Å². The molecule has 1 nitrogen and oxygen atoms in total. The SMILES string of the molecule is O=C(C1CCCC2CC=CC=C21)C1CCCC2CC=CC=C21. The fourth-order valence-electron chi connectivity index (χ4n) is 5.08. The second-order valence-electron chi connectivity index (χ2n) is 7.42. The van der Waals surface area contributed by atoms with Gasteiger partial charge in [-0.05, 0) is 50.4 Å². The summed E-state index contributed by atoms with van der Waals surface area (Å²) < 4.78 is 0. The van der Waals surface area contributed by atoms with E-state index < -0.39 is 0 Å². The van der Waals surface area contributed by atoms with E-state index >= 15 is 0 Å². The Hall–Kier alpha value is -1.37. The molecule has 4 rings (SSSR count). The number of carbonyl (C=O) groups is 1. The molecule has 0 saturated heterocycles. The third-order valence-corrected chi connectivity index (χ3v) is 6.22. The van der Waals surface area contributed by atoms with Crippen molar-refractivity contribution in [3.8, 4) is 0 Å². The molecule has 116 valence electrons. The zero-order chi connectivity index (χ0) is 14.9. The van der Waals surface area contributed by atoms with Crippen LogP contribution < -0.4 is 0 Å². The number of Topliss-reactive ketones (excluding diaryl/α,β-unsaturated/α-hetero) is 1. The maximum Gasteiger partial charge on any atom is 0.147 e. The summed E-state index contributed by atoms with van der Waals surface area (Å²) >= 11 is 0. The number of carbonyl (C=O) groups excluding carboxylic acids is 1. The van der Waals surface area contributed by atoms with Gasteiger partial charge in [0.1, 0.15) is 5.78 Å². The third kappa shape index (κ3) is 2.45. The van der Waals surface area contributed by atoms with Gasteiger partial charge in [0.2, 0.25) is 0 Å². The summed E-state index contributed by atoms with van der Waals surface area (Å²) in [4.78, 5) is 13.3. The first-order chi connectivity index (χ1) is 10.8. The van der Waals surface area contributed by atoms with Gasteiger partial charge in [-0.3, -0.25) is 4.79 Å². The van der Waals surface area contributed by atoms with E-state index in [-0.39, 0.29) is 11.8 Å². The minimum atomic E-state index is 0.208. The molecule has 4 atom stereocenters. The average molecular weight is 294 g/mol. The Bertz CT molecular complexity index is 525. The van der Waals surface area contributed by atoms with Crippen LogP contribution in [0.5, 0.6) is 0 Å². The van der Waals surface area contributed by atoms with Crippen LogP contribution in [-0.2, 0) is 4.79 Å². The van der Waals surface area contributed by atoms with Gasteiger partial charge in [0.25, 0.3) is 0 Å². The summed E-state index contributed by atoms with van der Waals surface area (Å²) in [6.07, 6.45) is 22.9. The highest BCUT2D eigenvalue weighted by Gasteiger charge is 2.39. The molecule has 1 heteroatoms. The standard InChI is InChI=1S/C21H26O/c22-21(19-13-5-9-15-7-1-3-11-17(15)19)20-14-6-10-16-8-2-4-12-18(16)20/h1-4,11-12,15-16,19-20H,5-10,13-14H2. The van der Waals surface area contributed by atoms with Crippen molar-refractivity contribution in [2.24, 2.45) is 23.7 Å². The van der Waals surface area contributed by atoms with Crippen molar-refractivity contribution >= 4 is 5.78 Å². The molecule has 4 aliphatic rings. The van der Waals surface area contributed by atoms with Crippen LogP contribution in [0.3, 0.4) is 0 Å². The van der Waals surface area contributed by atoms with Crippen molar-refractivity contribution in [1.82, 2.24) is 0 Å². The maximum absolute atomic E-state index is 13.3. The Morgan fingerprint density at radius 3 is 1.77 bits per heavy atom. The predicted octanol–water partition coefficient (Wildman–Crippen LogP) is 5.16. The molecular formula is C21H26O. The lowest BCUT2D eigenvalue weighted by Gasteiger charge is -2.38. The van der Waals surface area contributed by atoms with E-state index in [1.54, 1.807) is 0 Å². The molecule has 0 aromatic rings. The maximum atomic E-state index is 13.3. The smallest absolute Gasteiger partial charge is 0.147 e. The molecule has 0 bridgehead atoms. The Morgan fingerprint density at radius 2 is 1.27 bits per heavy atom. The van der Waals surface area contributed by atoms with Crippen molar-refractivity contribution in [3.05, 3.63) is 47.6 Å². The molecule has 0 radical (unpaired) electrons. The molecule has 2 saturated carbocycles. The first-order valence-electron chi connectivity index (χ1n) is 9.11. The molecule has 0 amide bonds. The number of fused-ring (bicyclic) bond motifs is 2. The molecule has 0 aliphatic heterocycles. The van der Waals surface area contributed by atoms with Crippen molar-refractivity contribution in [2.75, 3.05) is 0 Å². The number of allylic oxidation sites excluding steroid dienone is 8. The Balaban J connectivity index is 1.60. The number of rotatable bonds is 2. The zero-order valence-corrected chi connectivity index (χ0v) is 13.3. The van der Waals surface area contributed by atoms with Gasteiger partial charge in [0.05, 0.1) is 0 Å². The van der Waals surface area contributed by atoms with Gasteiger partial charge in [-0.1, -0.05) is 60.4 Å². The summed E-state index contributed by atoms with van der Waals surface area (Å²) in [6.45, 7) is 0.